The molecule has 0 radical (unpaired) electrons. The SMILES string of the molecule is CC(=O)OCC(=O)[C@@]1(O)C(C)C[C@H]2[C@@H]3C(Cl)C(F)C4=CC(=O)C=C[C@]4(C)[C@@]3(Cl)C(Cl)C[C@@]21C. The van der Waals surface area contributed by atoms with Gasteiger partial charge in [0.2, 0.25) is 5.78 Å². The van der Waals surface area contributed by atoms with E-state index in [0.717, 1.165) is 0 Å². The summed E-state index contributed by atoms with van der Waals surface area (Å²) < 4.78 is 20.7. The zero-order chi connectivity index (χ0) is 24.7. The molecular weight excluding hydrogens is 494 g/mol. The molecule has 0 bridgehead atoms. The second kappa shape index (κ2) is 7.78. The van der Waals surface area contributed by atoms with Gasteiger partial charge in [-0.25, -0.2) is 4.39 Å². The number of rotatable bonds is 3. The number of Topliss-reactive ketones (excluding diaryl/α,β-unsaturated/α-hetero) is 1. The summed E-state index contributed by atoms with van der Waals surface area (Å²) >= 11 is 21.1. The van der Waals surface area contributed by atoms with E-state index in [1.165, 1.54) is 19.1 Å². The van der Waals surface area contributed by atoms with E-state index >= 15 is 4.39 Å². The first kappa shape index (κ1) is 25.2. The Labute approximate surface area is 207 Å². The molecule has 5 nitrogen and oxygen atoms in total. The molecule has 4 aliphatic rings. The van der Waals surface area contributed by atoms with E-state index in [-0.39, 0.29) is 17.8 Å². The smallest absolute Gasteiger partial charge is 0.303 e. The van der Waals surface area contributed by atoms with Crippen molar-refractivity contribution in [3.05, 3.63) is 23.8 Å². The van der Waals surface area contributed by atoms with Crippen LogP contribution in [0.3, 0.4) is 0 Å². The zero-order valence-corrected chi connectivity index (χ0v) is 21.2. The lowest BCUT2D eigenvalue weighted by Gasteiger charge is -2.65. The number of allylic oxidation sites excluding steroid dienone is 4. The van der Waals surface area contributed by atoms with Crippen molar-refractivity contribution in [3.8, 4) is 0 Å². The number of ether oxygens (including phenoxy) is 1. The predicted octanol–water partition coefficient (Wildman–Crippen LogP) is 4.15. The third-order valence-corrected chi connectivity index (χ3v) is 11.0. The first-order chi connectivity index (χ1) is 15.2. The van der Waals surface area contributed by atoms with E-state index in [1.54, 1.807) is 26.8 Å². The maximum absolute atomic E-state index is 15.8. The molecule has 0 aliphatic heterocycles. The van der Waals surface area contributed by atoms with Crippen LogP contribution in [0.1, 0.15) is 40.5 Å². The first-order valence-electron chi connectivity index (χ1n) is 11.1. The number of ketones is 2. The lowest BCUT2D eigenvalue weighted by Crippen LogP contribution is -2.71. The highest BCUT2D eigenvalue weighted by atomic mass is 35.5. The summed E-state index contributed by atoms with van der Waals surface area (Å²) in [4.78, 5) is 35.3. The van der Waals surface area contributed by atoms with Gasteiger partial charge in [0.05, 0.1) is 15.6 Å². The number of fused-ring (bicyclic) bond motifs is 5. The molecule has 0 spiro atoms. The number of carbonyl (C=O) groups excluding carboxylic acids is 3. The quantitative estimate of drug-likeness (QED) is 0.446. The first-order valence-corrected chi connectivity index (χ1v) is 12.4. The van der Waals surface area contributed by atoms with E-state index in [0.29, 0.717) is 6.42 Å². The Morgan fingerprint density at radius 1 is 1.30 bits per heavy atom. The Kier molecular flexibility index (Phi) is 5.93. The number of carbonyl (C=O) groups is 3. The summed E-state index contributed by atoms with van der Waals surface area (Å²) in [6, 6.07) is 0. The number of halogens is 4. The summed E-state index contributed by atoms with van der Waals surface area (Å²) in [6.07, 6.45) is 3.14. The van der Waals surface area contributed by atoms with Crippen molar-refractivity contribution in [2.45, 2.75) is 67.9 Å². The monoisotopic (exact) mass is 520 g/mol. The van der Waals surface area contributed by atoms with Gasteiger partial charge in [-0.15, -0.1) is 34.8 Å². The zero-order valence-electron chi connectivity index (χ0n) is 18.9. The van der Waals surface area contributed by atoms with Gasteiger partial charge in [-0.05, 0) is 42.4 Å². The van der Waals surface area contributed by atoms with Crippen molar-refractivity contribution < 1.29 is 28.6 Å². The van der Waals surface area contributed by atoms with Gasteiger partial charge in [0.25, 0.3) is 0 Å². The van der Waals surface area contributed by atoms with E-state index in [1.807, 2.05) is 0 Å². The molecule has 10 atom stereocenters. The highest BCUT2D eigenvalue weighted by Gasteiger charge is 2.77. The van der Waals surface area contributed by atoms with Crippen LogP contribution in [0.5, 0.6) is 0 Å². The van der Waals surface area contributed by atoms with Gasteiger partial charge in [0.15, 0.2) is 12.4 Å². The van der Waals surface area contributed by atoms with E-state index in [9.17, 15) is 19.5 Å². The molecule has 0 amide bonds. The average molecular weight is 522 g/mol. The molecule has 0 aromatic rings. The van der Waals surface area contributed by atoms with E-state index in [2.05, 4.69) is 0 Å². The lowest BCUT2D eigenvalue weighted by molar-refractivity contribution is -0.172. The van der Waals surface area contributed by atoms with Crippen LogP contribution < -0.4 is 0 Å². The van der Waals surface area contributed by atoms with E-state index < -0.39 is 74.3 Å². The number of hydrogen-bond acceptors (Lipinski definition) is 5. The largest absolute Gasteiger partial charge is 0.458 e. The minimum Gasteiger partial charge on any atom is -0.458 e. The van der Waals surface area contributed by atoms with Crippen molar-refractivity contribution in [3.63, 3.8) is 0 Å². The maximum Gasteiger partial charge on any atom is 0.303 e. The second-order valence-electron chi connectivity index (χ2n) is 10.5. The van der Waals surface area contributed by atoms with Crippen LogP contribution in [0.15, 0.2) is 23.8 Å². The average Bonchev–Trinajstić information content (AvgIpc) is 2.93. The summed E-state index contributed by atoms with van der Waals surface area (Å²) in [7, 11) is 0. The minimum atomic E-state index is -1.85. The van der Waals surface area contributed by atoms with Gasteiger partial charge >= 0.3 is 5.97 Å². The Morgan fingerprint density at radius 3 is 2.55 bits per heavy atom. The molecular formula is C24H28Cl3FO5. The van der Waals surface area contributed by atoms with Crippen LogP contribution in [0.4, 0.5) is 4.39 Å². The number of aliphatic hydroxyl groups is 1. The van der Waals surface area contributed by atoms with Crippen LogP contribution in [-0.4, -0.2) is 56.7 Å². The molecule has 1 N–H and O–H groups in total. The topological polar surface area (TPSA) is 80.7 Å². The molecule has 0 saturated heterocycles. The standard InChI is InChI=1S/C24H28Cl3FO5/c1-11-7-14-18-19(26)20(28)15-8-13(30)5-6-21(15,3)23(18,27)16(25)9-22(14,4)24(11,32)17(31)10-33-12(2)29/h5-6,8,11,14,16,18-20,32H,7,9-10H2,1-4H3/t11?,14-,16?,18+,19?,20?,21-,22-,23+,24-/m0/s1. The summed E-state index contributed by atoms with van der Waals surface area (Å²) in [5.74, 6) is -3.23. The second-order valence-corrected chi connectivity index (χ2v) is 12.1. The number of alkyl halides is 4. The van der Waals surface area contributed by atoms with Gasteiger partial charge in [-0.1, -0.05) is 26.8 Å². The van der Waals surface area contributed by atoms with Gasteiger partial charge in [0, 0.05) is 23.7 Å². The van der Waals surface area contributed by atoms with Crippen LogP contribution in [0, 0.1) is 28.6 Å². The van der Waals surface area contributed by atoms with Crippen LogP contribution in [-0.2, 0) is 19.1 Å². The number of esters is 1. The van der Waals surface area contributed by atoms with E-state index in [4.69, 9.17) is 39.5 Å². The molecule has 0 heterocycles. The molecule has 9 heteroatoms. The van der Waals surface area contributed by atoms with Crippen molar-refractivity contribution in [2.24, 2.45) is 28.6 Å². The highest BCUT2D eigenvalue weighted by molar-refractivity contribution is 6.35. The highest BCUT2D eigenvalue weighted by Crippen LogP contribution is 2.73. The fourth-order valence-corrected chi connectivity index (χ4v) is 9.09. The third-order valence-electron chi connectivity index (χ3n) is 9.01. The molecule has 33 heavy (non-hydrogen) atoms. The Hall–Kier alpha value is -0.950. The molecule has 0 aromatic heterocycles. The van der Waals surface area contributed by atoms with Gasteiger partial charge in [0.1, 0.15) is 11.8 Å². The van der Waals surface area contributed by atoms with Crippen LogP contribution in [0.2, 0.25) is 0 Å². The summed E-state index contributed by atoms with van der Waals surface area (Å²) in [6.45, 7) is 5.91. The van der Waals surface area contributed by atoms with Gasteiger partial charge in [-0.2, -0.15) is 0 Å². The summed E-state index contributed by atoms with van der Waals surface area (Å²) in [5, 5.41) is 9.91. The van der Waals surface area contributed by atoms with Crippen molar-refractivity contribution in [2.75, 3.05) is 6.61 Å². The Bertz CT molecular complexity index is 983. The Morgan fingerprint density at radius 2 is 1.94 bits per heavy atom. The normalized spacial score (nSPS) is 50.7. The maximum atomic E-state index is 15.8. The van der Waals surface area contributed by atoms with Crippen molar-refractivity contribution in [1.82, 2.24) is 0 Å². The number of hydrogen-bond donors (Lipinski definition) is 1. The summed E-state index contributed by atoms with van der Waals surface area (Å²) in [5.41, 5.74) is -3.78. The predicted molar refractivity (Wildman–Crippen MR) is 123 cm³/mol. The van der Waals surface area contributed by atoms with Gasteiger partial charge in [-0.3, -0.25) is 14.4 Å². The Balaban J connectivity index is 1.84. The van der Waals surface area contributed by atoms with Crippen LogP contribution in [0.25, 0.3) is 0 Å². The molecule has 0 aromatic carbocycles. The van der Waals surface area contributed by atoms with Crippen molar-refractivity contribution in [1.29, 1.82) is 0 Å². The molecule has 3 saturated carbocycles. The van der Waals surface area contributed by atoms with Crippen LogP contribution >= 0.6 is 34.8 Å². The van der Waals surface area contributed by atoms with Gasteiger partial charge < -0.3 is 9.84 Å². The molecule has 182 valence electrons. The van der Waals surface area contributed by atoms with Crippen molar-refractivity contribution >= 4 is 52.3 Å². The lowest BCUT2D eigenvalue weighted by atomic mass is 9.46. The minimum absolute atomic E-state index is 0.164. The molecule has 4 rings (SSSR count). The molecule has 4 aliphatic carbocycles. The fourth-order valence-electron chi connectivity index (χ4n) is 7.29. The molecule has 3 fully saturated rings. The third kappa shape index (κ3) is 3.03. The fraction of sp³-hybridized carbons (Fsp3) is 0.708. The molecule has 4 unspecified atom stereocenters.